The smallest absolute Gasteiger partial charge is 0.382 e. The van der Waals surface area contributed by atoms with Gasteiger partial charge in [0.05, 0.1) is 12.2 Å². The Morgan fingerprint density at radius 1 is 1.29 bits per heavy atom. The third-order valence-corrected chi connectivity index (χ3v) is 2.81. The van der Waals surface area contributed by atoms with Gasteiger partial charge in [-0.15, -0.1) is 0 Å². The largest absolute Gasteiger partial charge is 0.415 e. The van der Waals surface area contributed by atoms with E-state index in [0.717, 1.165) is 12.8 Å². The summed E-state index contributed by atoms with van der Waals surface area (Å²) >= 11 is 0. The molecule has 1 fully saturated rings. The molecule has 0 bridgehead atoms. The third kappa shape index (κ3) is 5.23. The van der Waals surface area contributed by atoms with E-state index in [9.17, 15) is 13.2 Å². The van der Waals surface area contributed by atoms with Crippen LogP contribution in [-0.4, -0.2) is 54.1 Å². The lowest BCUT2D eigenvalue weighted by Gasteiger charge is -2.34. The van der Waals surface area contributed by atoms with Gasteiger partial charge in [-0.1, -0.05) is 0 Å². The fourth-order valence-corrected chi connectivity index (χ4v) is 1.96. The van der Waals surface area contributed by atoms with Gasteiger partial charge in [-0.25, -0.2) is 0 Å². The topological polar surface area (TPSA) is 32.7 Å². The van der Waals surface area contributed by atoms with Gasteiger partial charge in [0.2, 0.25) is 0 Å². The number of hydrogen-bond acceptors (Lipinski definition) is 3. The highest BCUT2D eigenvalue weighted by molar-refractivity contribution is 4.77. The molecule has 0 spiro atoms. The summed E-state index contributed by atoms with van der Waals surface area (Å²) in [4.78, 5) is 1.64. The minimum atomic E-state index is -4.52. The van der Waals surface area contributed by atoms with E-state index in [1.165, 1.54) is 0 Å². The number of β-amino-alcohol motifs (C(OH)–C–C–N with tert-alkyl or cyclic N) is 1. The highest BCUT2D eigenvalue weighted by atomic mass is 19.4. The number of halogens is 3. The average Bonchev–Trinajstić information content (AvgIpc) is 2.18. The maximum atomic E-state index is 12.2. The Morgan fingerprint density at radius 3 is 2.24 bits per heavy atom. The first-order chi connectivity index (χ1) is 7.79. The molecule has 6 heteroatoms. The fourth-order valence-electron chi connectivity index (χ4n) is 1.96. The number of likely N-dealkylation sites (tertiary alicyclic amines) is 1. The van der Waals surface area contributed by atoms with E-state index in [-0.39, 0.29) is 18.8 Å². The number of rotatable bonds is 4. The van der Waals surface area contributed by atoms with Crippen molar-refractivity contribution in [2.45, 2.75) is 51.2 Å². The van der Waals surface area contributed by atoms with Crippen LogP contribution in [0.5, 0.6) is 0 Å². The maximum Gasteiger partial charge on any atom is 0.415 e. The first kappa shape index (κ1) is 14.7. The van der Waals surface area contributed by atoms with E-state index in [1.54, 1.807) is 4.90 Å². The SMILES string of the molecule is CC(C)OC1CCN(CC(O)C(F)(F)F)CC1. The Morgan fingerprint density at radius 2 is 1.82 bits per heavy atom. The van der Waals surface area contributed by atoms with Gasteiger partial charge in [-0.3, -0.25) is 0 Å². The van der Waals surface area contributed by atoms with E-state index in [0.29, 0.717) is 13.1 Å². The van der Waals surface area contributed by atoms with Crippen LogP contribution in [-0.2, 0) is 4.74 Å². The van der Waals surface area contributed by atoms with Gasteiger partial charge < -0.3 is 14.7 Å². The summed E-state index contributed by atoms with van der Waals surface area (Å²) in [6, 6.07) is 0. The lowest BCUT2D eigenvalue weighted by atomic mass is 10.1. The van der Waals surface area contributed by atoms with Crippen LogP contribution in [0.3, 0.4) is 0 Å². The Hall–Kier alpha value is -0.330. The van der Waals surface area contributed by atoms with Gasteiger partial charge in [0.15, 0.2) is 6.10 Å². The molecule has 0 saturated carbocycles. The molecular weight excluding hydrogens is 235 g/mol. The molecule has 1 aliphatic rings. The summed E-state index contributed by atoms with van der Waals surface area (Å²) in [6.07, 6.45) is -5.04. The van der Waals surface area contributed by atoms with Gasteiger partial charge >= 0.3 is 6.18 Å². The molecule has 102 valence electrons. The molecule has 0 aromatic carbocycles. The normalized spacial score (nSPS) is 22.1. The molecule has 1 heterocycles. The first-order valence-electron chi connectivity index (χ1n) is 5.91. The van der Waals surface area contributed by atoms with Gasteiger partial charge in [0, 0.05) is 19.6 Å². The van der Waals surface area contributed by atoms with Gasteiger partial charge in [0.25, 0.3) is 0 Å². The van der Waals surface area contributed by atoms with E-state index < -0.39 is 12.3 Å². The van der Waals surface area contributed by atoms with E-state index in [1.807, 2.05) is 13.8 Å². The second-order valence-electron chi connectivity index (χ2n) is 4.74. The number of piperidine rings is 1. The molecule has 1 N–H and O–H groups in total. The maximum absolute atomic E-state index is 12.2. The minimum absolute atomic E-state index is 0.134. The minimum Gasteiger partial charge on any atom is -0.382 e. The second kappa shape index (κ2) is 6.02. The molecule has 1 aliphatic heterocycles. The summed E-state index contributed by atoms with van der Waals surface area (Å²) < 4.78 is 42.1. The lowest BCUT2D eigenvalue weighted by molar-refractivity contribution is -0.209. The second-order valence-corrected chi connectivity index (χ2v) is 4.74. The van der Waals surface area contributed by atoms with Gasteiger partial charge in [0.1, 0.15) is 0 Å². The molecule has 0 aromatic rings. The van der Waals surface area contributed by atoms with Crippen LogP contribution in [0.2, 0.25) is 0 Å². The number of nitrogens with zero attached hydrogens (tertiary/aromatic N) is 1. The molecule has 17 heavy (non-hydrogen) atoms. The zero-order chi connectivity index (χ0) is 13.1. The molecule has 0 aliphatic carbocycles. The number of alkyl halides is 3. The van der Waals surface area contributed by atoms with Crippen LogP contribution in [0, 0.1) is 0 Å². The van der Waals surface area contributed by atoms with Crippen LogP contribution in [0.25, 0.3) is 0 Å². The molecule has 1 atom stereocenters. The molecule has 3 nitrogen and oxygen atoms in total. The fraction of sp³-hybridized carbons (Fsp3) is 1.00. The molecule has 0 aromatic heterocycles. The summed E-state index contributed by atoms with van der Waals surface area (Å²) in [7, 11) is 0. The highest BCUT2D eigenvalue weighted by Gasteiger charge is 2.39. The average molecular weight is 255 g/mol. The molecule has 1 unspecified atom stereocenters. The summed E-state index contributed by atoms with van der Waals surface area (Å²) in [5, 5.41) is 8.95. The van der Waals surface area contributed by atoms with Crippen molar-refractivity contribution in [3.8, 4) is 0 Å². The quantitative estimate of drug-likeness (QED) is 0.831. The Balaban J connectivity index is 2.28. The van der Waals surface area contributed by atoms with E-state index in [4.69, 9.17) is 9.84 Å². The van der Waals surface area contributed by atoms with Crippen molar-refractivity contribution in [1.29, 1.82) is 0 Å². The van der Waals surface area contributed by atoms with E-state index in [2.05, 4.69) is 0 Å². The monoisotopic (exact) mass is 255 g/mol. The third-order valence-electron chi connectivity index (χ3n) is 2.81. The summed E-state index contributed by atoms with van der Waals surface area (Å²) in [5.74, 6) is 0. The Labute approximate surface area is 99.5 Å². The van der Waals surface area contributed by atoms with Crippen molar-refractivity contribution in [3.63, 3.8) is 0 Å². The van der Waals surface area contributed by atoms with Crippen molar-refractivity contribution < 1.29 is 23.0 Å². The molecule has 1 rings (SSSR count). The molecular formula is C11H20F3NO2. The van der Waals surface area contributed by atoms with Crippen molar-refractivity contribution in [3.05, 3.63) is 0 Å². The van der Waals surface area contributed by atoms with Crippen molar-refractivity contribution in [1.82, 2.24) is 4.90 Å². The van der Waals surface area contributed by atoms with Crippen LogP contribution in [0.4, 0.5) is 13.2 Å². The van der Waals surface area contributed by atoms with Gasteiger partial charge in [-0.05, 0) is 26.7 Å². The number of hydrogen-bond donors (Lipinski definition) is 1. The van der Waals surface area contributed by atoms with Crippen molar-refractivity contribution >= 4 is 0 Å². The molecule has 0 radical (unpaired) electrons. The van der Waals surface area contributed by atoms with E-state index >= 15 is 0 Å². The summed E-state index contributed by atoms with van der Waals surface area (Å²) in [6.45, 7) is 4.65. The van der Waals surface area contributed by atoms with Crippen LogP contribution in [0.1, 0.15) is 26.7 Å². The summed E-state index contributed by atoms with van der Waals surface area (Å²) in [5.41, 5.74) is 0. The predicted octanol–water partition coefficient (Wildman–Crippen LogP) is 1.80. The van der Waals surface area contributed by atoms with Crippen LogP contribution >= 0.6 is 0 Å². The number of aliphatic hydroxyl groups excluding tert-OH is 1. The Bertz CT molecular complexity index is 225. The Kier molecular flexibility index (Phi) is 5.22. The number of aliphatic hydroxyl groups is 1. The predicted molar refractivity (Wildman–Crippen MR) is 57.7 cm³/mol. The van der Waals surface area contributed by atoms with Crippen molar-refractivity contribution in [2.24, 2.45) is 0 Å². The molecule has 0 amide bonds. The van der Waals surface area contributed by atoms with Gasteiger partial charge in [-0.2, -0.15) is 13.2 Å². The molecule has 1 saturated heterocycles. The van der Waals surface area contributed by atoms with Crippen molar-refractivity contribution in [2.75, 3.05) is 19.6 Å². The van der Waals surface area contributed by atoms with Crippen LogP contribution in [0.15, 0.2) is 0 Å². The zero-order valence-corrected chi connectivity index (χ0v) is 10.2. The standard InChI is InChI=1S/C11H20F3NO2/c1-8(2)17-9-3-5-15(6-4-9)7-10(16)11(12,13)14/h8-10,16H,3-7H2,1-2H3. The lowest BCUT2D eigenvalue weighted by Crippen LogP contribution is -2.45. The first-order valence-corrected chi connectivity index (χ1v) is 5.91. The highest BCUT2D eigenvalue weighted by Crippen LogP contribution is 2.22. The number of ether oxygens (including phenoxy) is 1. The zero-order valence-electron chi connectivity index (χ0n) is 10.2. The van der Waals surface area contributed by atoms with Crippen LogP contribution < -0.4 is 0 Å².